The van der Waals surface area contributed by atoms with Gasteiger partial charge in [0.25, 0.3) is 0 Å². The van der Waals surface area contributed by atoms with E-state index in [0.29, 0.717) is 25.3 Å². The molecule has 0 aliphatic heterocycles. The van der Waals surface area contributed by atoms with E-state index in [2.05, 4.69) is 19.2 Å². The van der Waals surface area contributed by atoms with Gasteiger partial charge in [0.2, 0.25) is 5.91 Å². The zero-order valence-electron chi connectivity index (χ0n) is 11.4. The lowest BCUT2D eigenvalue weighted by atomic mass is 9.94. The van der Waals surface area contributed by atoms with Gasteiger partial charge in [-0.25, -0.2) is 0 Å². The van der Waals surface area contributed by atoms with Gasteiger partial charge < -0.3 is 16.2 Å². The van der Waals surface area contributed by atoms with Crippen LogP contribution in [0.25, 0.3) is 0 Å². The number of nitrogens with one attached hydrogen (secondary N) is 1. The summed E-state index contributed by atoms with van der Waals surface area (Å²) in [4.78, 5) is 11.8. The lowest BCUT2D eigenvalue weighted by Gasteiger charge is -2.20. The number of amides is 1. The minimum Gasteiger partial charge on any atom is -0.396 e. The van der Waals surface area contributed by atoms with E-state index >= 15 is 0 Å². The Hall–Kier alpha value is -0.610. The van der Waals surface area contributed by atoms with E-state index in [1.807, 2.05) is 6.92 Å². The topological polar surface area (TPSA) is 75.3 Å². The smallest absolute Gasteiger partial charge is 0.220 e. The van der Waals surface area contributed by atoms with Crippen LogP contribution in [-0.2, 0) is 4.79 Å². The molecule has 0 aliphatic carbocycles. The molecular weight excluding hydrogens is 216 g/mol. The highest BCUT2D eigenvalue weighted by molar-refractivity contribution is 5.76. The Bertz CT molecular complexity index is 208. The van der Waals surface area contributed by atoms with Crippen LogP contribution in [0.4, 0.5) is 0 Å². The number of carbonyl (C=O) groups excluding carboxylic acids is 1. The van der Waals surface area contributed by atoms with Crippen LogP contribution in [0.1, 0.15) is 46.5 Å². The van der Waals surface area contributed by atoms with Gasteiger partial charge in [0, 0.05) is 19.1 Å². The molecule has 1 amide bonds. The quantitative estimate of drug-likeness (QED) is 0.572. The lowest BCUT2D eigenvalue weighted by molar-refractivity contribution is -0.122. The minimum atomic E-state index is 0.0569. The molecule has 2 atom stereocenters. The van der Waals surface area contributed by atoms with Crippen molar-refractivity contribution in [2.75, 3.05) is 13.2 Å². The van der Waals surface area contributed by atoms with E-state index in [-0.39, 0.29) is 24.5 Å². The van der Waals surface area contributed by atoms with Gasteiger partial charge in [0.1, 0.15) is 0 Å². The number of aliphatic hydroxyl groups is 1. The molecule has 0 aromatic carbocycles. The second kappa shape index (κ2) is 9.42. The zero-order chi connectivity index (χ0) is 13.3. The largest absolute Gasteiger partial charge is 0.396 e. The fraction of sp³-hybridized carbons (Fsp3) is 0.923. The van der Waals surface area contributed by atoms with Crippen molar-refractivity contribution in [2.24, 2.45) is 17.6 Å². The molecule has 0 heterocycles. The van der Waals surface area contributed by atoms with E-state index in [1.165, 1.54) is 0 Å². The predicted octanol–water partition coefficient (Wildman–Crippen LogP) is 1.27. The molecule has 17 heavy (non-hydrogen) atoms. The first kappa shape index (κ1) is 16.4. The van der Waals surface area contributed by atoms with Crippen molar-refractivity contribution in [1.29, 1.82) is 0 Å². The second-order valence-electron chi connectivity index (χ2n) is 5.12. The number of carbonyl (C=O) groups is 1. The van der Waals surface area contributed by atoms with Gasteiger partial charge in [-0.2, -0.15) is 0 Å². The minimum absolute atomic E-state index is 0.0569. The monoisotopic (exact) mass is 244 g/mol. The molecule has 102 valence electrons. The van der Waals surface area contributed by atoms with Gasteiger partial charge in [-0.05, 0) is 37.6 Å². The zero-order valence-corrected chi connectivity index (χ0v) is 11.4. The third kappa shape index (κ3) is 8.16. The van der Waals surface area contributed by atoms with Crippen molar-refractivity contribution in [3.63, 3.8) is 0 Å². The van der Waals surface area contributed by atoms with Gasteiger partial charge in [-0.1, -0.05) is 20.8 Å². The first-order valence-electron chi connectivity index (χ1n) is 6.63. The maximum absolute atomic E-state index is 11.8. The van der Waals surface area contributed by atoms with Crippen LogP contribution < -0.4 is 11.1 Å². The third-order valence-corrected chi connectivity index (χ3v) is 2.95. The summed E-state index contributed by atoms with van der Waals surface area (Å²) in [5, 5.41) is 11.8. The Kier molecular flexibility index (Phi) is 9.09. The number of hydrogen-bond acceptors (Lipinski definition) is 3. The Morgan fingerprint density at radius 1 is 1.41 bits per heavy atom. The summed E-state index contributed by atoms with van der Waals surface area (Å²) in [5.41, 5.74) is 5.67. The first-order valence-corrected chi connectivity index (χ1v) is 6.63. The fourth-order valence-corrected chi connectivity index (χ4v) is 2.01. The number of rotatable bonds is 9. The molecule has 0 aromatic heterocycles. The number of aliphatic hydroxyl groups excluding tert-OH is 1. The molecule has 0 spiro atoms. The molecule has 0 rings (SSSR count). The summed E-state index contributed by atoms with van der Waals surface area (Å²) in [5.74, 6) is 0.888. The third-order valence-electron chi connectivity index (χ3n) is 2.95. The van der Waals surface area contributed by atoms with E-state index in [4.69, 9.17) is 10.8 Å². The maximum Gasteiger partial charge on any atom is 0.220 e. The van der Waals surface area contributed by atoms with Crippen LogP contribution in [0, 0.1) is 11.8 Å². The van der Waals surface area contributed by atoms with Crippen molar-refractivity contribution in [3.05, 3.63) is 0 Å². The molecule has 0 fully saturated rings. The molecule has 0 aromatic rings. The Morgan fingerprint density at radius 3 is 2.47 bits per heavy atom. The van der Waals surface area contributed by atoms with Gasteiger partial charge in [0.15, 0.2) is 0 Å². The molecule has 4 N–H and O–H groups in total. The van der Waals surface area contributed by atoms with Crippen LogP contribution in [0.3, 0.4) is 0 Å². The average molecular weight is 244 g/mol. The molecule has 0 saturated heterocycles. The van der Waals surface area contributed by atoms with Crippen molar-refractivity contribution in [3.8, 4) is 0 Å². The van der Waals surface area contributed by atoms with Crippen molar-refractivity contribution in [2.45, 2.75) is 52.5 Å². The second-order valence-corrected chi connectivity index (χ2v) is 5.12. The van der Waals surface area contributed by atoms with Gasteiger partial charge >= 0.3 is 0 Å². The summed E-state index contributed by atoms with van der Waals surface area (Å²) in [6.07, 6.45) is 2.96. The molecular formula is C13H28N2O2. The SMILES string of the molecule is CCC(CCO)NC(=O)C[C@@H](CN)CC(C)C. The van der Waals surface area contributed by atoms with Gasteiger partial charge in [-0.3, -0.25) is 4.79 Å². The Balaban J connectivity index is 4.04. The summed E-state index contributed by atoms with van der Waals surface area (Å²) in [6, 6.07) is 0.0879. The highest BCUT2D eigenvalue weighted by atomic mass is 16.3. The summed E-state index contributed by atoms with van der Waals surface area (Å²) in [7, 11) is 0. The Labute approximate surface area is 105 Å². The number of nitrogens with two attached hydrogens (primary N) is 1. The highest BCUT2D eigenvalue weighted by Crippen LogP contribution is 2.14. The Morgan fingerprint density at radius 2 is 2.06 bits per heavy atom. The average Bonchev–Trinajstić information content (AvgIpc) is 2.26. The molecule has 0 aliphatic rings. The van der Waals surface area contributed by atoms with Crippen molar-refractivity contribution in [1.82, 2.24) is 5.32 Å². The first-order chi connectivity index (χ1) is 8.03. The van der Waals surface area contributed by atoms with Gasteiger partial charge in [-0.15, -0.1) is 0 Å². The van der Waals surface area contributed by atoms with E-state index in [1.54, 1.807) is 0 Å². The molecule has 0 saturated carbocycles. The normalized spacial score (nSPS) is 14.7. The van der Waals surface area contributed by atoms with E-state index in [9.17, 15) is 4.79 Å². The van der Waals surface area contributed by atoms with Crippen molar-refractivity contribution >= 4 is 5.91 Å². The van der Waals surface area contributed by atoms with Crippen LogP contribution in [0.5, 0.6) is 0 Å². The standard InChI is InChI=1S/C13H28N2O2/c1-4-12(5-6-16)15-13(17)8-11(9-14)7-10(2)3/h10-12,16H,4-9,14H2,1-3H3,(H,15,17)/t11-,12?/m0/s1. The molecule has 0 bridgehead atoms. The summed E-state index contributed by atoms with van der Waals surface area (Å²) < 4.78 is 0. The molecule has 4 heteroatoms. The highest BCUT2D eigenvalue weighted by Gasteiger charge is 2.16. The maximum atomic E-state index is 11.8. The fourth-order valence-electron chi connectivity index (χ4n) is 2.01. The van der Waals surface area contributed by atoms with E-state index in [0.717, 1.165) is 12.8 Å². The predicted molar refractivity (Wildman–Crippen MR) is 70.5 cm³/mol. The molecule has 0 radical (unpaired) electrons. The van der Waals surface area contributed by atoms with Gasteiger partial charge in [0.05, 0.1) is 0 Å². The molecule has 1 unspecified atom stereocenters. The van der Waals surface area contributed by atoms with Crippen LogP contribution >= 0.6 is 0 Å². The lowest BCUT2D eigenvalue weighted by Crippen LogP contribution is -2.37. The summed E-state index contributed by atoms with van der Waals surface area (Å²) >= 11 is 0. The molecule has 4 nitrogen and oxygen atoms in total. The van der Waals surface area contributed by atoms with Crippen LogP contribution in [0.2, 0.25) is 0 Å². The van der Waals surface area contributed by atoms with E-state index < -0.39 is 0 Å². The number of hydrogen-bond donors (Lipinski definition) is 3. The van der Waals surface area contributed by atoms with Crippen molar-refractivity contribution < 1.29 is 9.90 Å². The van der Waals surface area contributed by atoms with Crippen LogP contribution in [-0.4, -0.2) is 30.2 Å². The van der Waals surface area contributed by atoms with Crippen LogP contribution in [0.15, 0.2) is 0 Å². The summed E-state index contributed by atoms with van der Waals surface area (Å²) in [6.45, 7) is 6.96.